The van der Waals surface area contributed by atoms with Gasteiger partial charge in [-0.05, 0) is 12.1 Å². The van der Waals surface area contributed by atoms with Crippen LogP contribution in [0.5, 0.6) is 0 Å². The summed E-state index contributed by atoms with van der Waals surface area (Å²) in [6.07, 6.45) is -3.01. The number of alkyl halides is 2. The Labute approximate surface area is 186 Å². The van der Waals surface area contributed by atoms with Crippen LogP contribution in [0.4, 0.5) is 14.6 Å². The van der Waals surface area contributed by atoms with E-state index in [1.165, 1.54) is 12.1 Å². The van der Waals surface area contributed by atoms with Gasteiger partial charge in [0.2, 0.25) is 0 Å². The van der Waals surface area contributed by atoms with E-state index in [1.54, 1.807) is 48.5 Å². The monoisotopic (exact) mass is 455 g/mol. The minimum Gasteiger partial charge on any atom is -0.459 e. The van der Waals surface area contributed by atoms with Crippen LogP contribution in [0.25, 0.3) is 0 Å². The van der Waals surface area contributed by atoms with Crippen molar-refractivity contribution in [2.75, 3.05) is 12.3 Å². The van der Waals surface area contributed by atoms with Crippen molar-refractivity contribution >= 4 is 17.6 Å². The number of carbonyl (C=O) groups is 2. The van der Waals surface area contributed by atoms with Crippen LogP contribution in [0.3, 0.4) is 0 Å². The molecule has 1 fully saturated rings. The van der Waals surface area contributed by atoms with E-state index in [0.29, 0.717) is 5.56 Å². The molecule has 33 heavy (non-hydrogen) atoms. The van der Waals surface area contributed by atoms with Crippen molar-refractivity contribution in [3.63, 3.8) is 0 Å². The zero-order valence-electron chi connectivity index (χ0n) is 17.2. The lowest BCUT2D eigenvalue weighted by atomic mass is 10.1. The standard InChI is InChI=1S/C23H19F2N3O5/c24-23(25)11-18(33-17(23)13-32-21(30)15-9-5-2-6-10-15)28-12-16(20(26)27-22(28)31)19(29)14-7-3-1-4-8-14/h1-10,12,17-18H,11,13H2,(H2,26,27,31)/t17-,18-/m0/s1. The summed E-state index contributed by atoms with van der Waals surface area (Å²) in [6, 6.07) is 16.0. The SMILES string of the molecule is Nc1nc(=O)n([C@@H]2CC(F)(F)[C@H](COC(=O)c3ccccc3)O2)cc1C(=O)c1ccccc1. The van der Waals surface area contributed by atoms with E-state index in [-0.39, 0.29) is 16.9 Å². The van der Waals surface area contributed by atoms with Crippen LogP contribution in [0.2, 0.25) is 0 Å². The molecule has 2 N–H and O–H groups in total. The molecule has 0 aliphatic carbocycles. The Morgan fingerprint density at radius 2 is 1.70 bits per heavy atom. The fourth-order valence-corrected chi connectivity index (χ4v) is 3.44. The minimum absolute atomic E-state index is 0.119. The van der Waals surface area contributed by atoms with Gasteiger partial charge in [0.25, 0.3) is 5.92 Å². The first-order chi connectivity index (χ1) is 15.8. The Kier molecular flexibility index (Phi) is 6.01. The van der Waals surface area contributed by atoms with Gasteiger partial charge in [-0.25, -0.2) is 18.4 Å². The first-order valence-electron chi connectivity index (χ1n) is 10.00. The molecule has 0 radical (unpaired) electrons. The summed E-state index contributed by atoms with van der Waals surface area (Å²) in [5.41, 5.74) is 5.19. The number of esters is 1. The Hall–Kier alpha value is -3.92. The highest BCUT2D eigenvalue weighted by Crippen LogP contribution is 2.40. The zero-order chi connectivity index (χ0) is 23.6. The van der Waals surface area contributed by atoms with E-state index in [4.69, 9.17) is 15.2 Å². The number of benzene rings is 2. The number of aromatic nitrogens is 2. The first-order valence-corrected chi connectivity index (χ1v) is 10.00. The van der Waals surface area contributed by atoms with Gasteiger partial charge in [0.15, 0.2) is 11.9 Å². The highest BCUT2D eigenvalue weighted by Gasteiger charge is 2.52. The van der Waals surface area contributed by atoms with Gasteiger partial charge in [-0.2, -0.15) is 4.98 Å². The van der Waals surface area contributed by atoms with Gasteiger partial charge >= 0.3 is 11.7 Å². The molecule has 2 aromatic carbocycles. The highest BCUT2D eigenvalue weighted by atomic mass is 19.3. The number of hydrogen-bond donors (Lipinski definition) is 1. The van der Waals surface area contributed by atoms with Crippen molar-refractivity contribution in [3.8, 4) is 0 Å². The van der Waals surface area contributed by atoms with Crippen LogP contribution in [0.1, 0.15) is 38.9 Å². The van der Waals surface area contributed by atoms with Crippen molar-refractivity contribution in [1.82, 2.24) is 9.55 Å². The first kappa shape index (κ1) is 22.3. The third-order valence-electron chi connectivity index (χ3n) is 5.19. The second-order valence-electron chi connectivity index (χ2n) is 7.43. The topological polar surface area (TPSA) is 114 Å². The average Bonchev–Trinajstić information content (AvgIpc) is 3.12. The predicted molar refractivity (Wildman–Crippen MR) is 113 cm³/mol. The number of anilines is 1. The van der Waals surface area contributed by atoms with E-state index >= 15 is 0 Å². The summed E-state index contributed by atoms with van der Waals surface area (Å²) in [5.74, 6) is -5.01. The van der Waals surface area contributed by atoms with E-state index in [2.05, 4.69) is 4.98 Å². The molecule has 4 rings (SSSR count). The summed E-state index contributed by atoms with van der Waals surface area (Å²) >= 11 is 0. The van der Waals surface area contributed by atoms with E-state index in [1.807, 2.05) is 0 Å². The second kappa shape index (κ2) is 8.91. The molecule has 1 aliphatic rings. The number of nitrogens with two attached hydrogens (primary N) is 1. The van der Waals surface area contributed by atoms with Crippen molar-refractivity contribution in [1.29, 1.82) is 0 Å². The van der Waals surface area contributed by atoms with Gasteiger partial charge in [-0.15, -0.1) is 0 Å². The Balaban J connectivity index is 1.54. The molecule has 0 spiro atoms. The van der Waals surface area contributed by atoms with Crippen LogP contribution >= 0.6 is 0 Å². The third kappa shape index (κ3) is 4.65. The van der Waals surface area contributed by atoms with Gasteiger partial charge in [0.05, 0.1) is 17.5 Å². The minimum atomic E-state index is -3.40. The zero-order valence-corrected chi connectivity index (χ0v) is 17.2. The molecule has 1 saturated heterocycles. The third-order valence-corrected chi connectivity index (χ3v) is 5.19. The smallest absolute Gasteiger partial charge is 0.351 e. The molecule has 0 saturated carbocycles. The molecule has 0 bridgehead atoms. The summed E-state index contributed by atoms with van der Waals surface area (Å²) in [7, 11) is 0. The number of nitrogen functional groups attached to an aromatic ring is 1. The number of ether oxygens (including phenoxy) is 2. The lowest BCUT2D eigenvalue weighted by Crippen LogP contribution is -2.33. The Bertz CT molecular complexity index is 1230. The maximum atomic E-state index is 14.6. The Morgan fingerprint density at radius 3 is 2.33 bits per heavy atom. The summed E-state index contributed by atoms with van der Waals surface area (Å²) in [5, 5.41) is 0. The van der Waals surface area contributed by atoms with Crippen molar-refractivity contribution in [3.05, 3.63) is 94.0 Å². The average molecular weight is 455 g/mol. The van der Waals surface area contributed by atoms with Crippen LogP contribution in [-0.2, 0) is 9.47 Å². The number of nitrogens with zero attached hydrogens (tertiary/aromatic N) is 2. The summed E-state index contributed by atoms with van der Waals surface area (Å²) in [4.78, 5) is 40.8. The second-order valence-corrected chi connectivity index (χ2v) is 7.43. The van der Waals surface area contributed by atoms with Crippen molar-refractivity contribution in [2.45, 2.75) is 24.7 Å². The van der Waals surface area contributed by atoms with Crippen LogP contribution < -0.4 is 11.4 Å². The lowest BCUT2D eigenvalue weighted by Gasteiger charge is -2.18. The quantitative estimate of drug-likeness (QED) is 0.449. The fourth-order valence-electron chi connectivity index (χ4n) is 3.44. The lowest BCUT2D eigenvalue weighted by molar-refractivity contribution is -0.105. The van der Waals surface area contributed by atoms with Gasteiger partial charge in [0.1, 0.15) is 18.7 Å². The van der Waals surface area contributed by atoms with Crippen LogP contribution in [0.15, 0.2) is 71.7 Å². The van der Waals surface area contributed by atoms with Gasteiger partial charge in [-0.1, -0.05) is 48.5 Å². The largest absolute Gasteiger partial charge is 0.459 e. The van der Waals surface area contributed by atoms with Gasteiger partial charge in [0, 0.05) is 11.8 Å². The van der Waals surface area contributed by atoms with Crippen LogP contribution in [-0.4, -0.2) is 39.9 Å². The normalized spacial score (nSPS) is 19.2. The van der Waals surface area contributed by atoms with E-state index < -0.39 is 48.7 Å². The number of ketones is 1. The van der Waals surface area contributed by atoms with Gasteiger partial charge in [-0.3, -0.25) is 9.36 Å². The Morgan fingerprint density at radius 1 is 1.09 bits per heavy atom. The molecule has 1 aliphatic heterocycles. The van der Waals surface area contributed by atoms with E-state index in [0.717, 1.165) is 10.8 Å². The molecule has 1 aromatic heterocycles. The number of hydrogen-bond acceptors (Lipinski definition) is 7. The van der Waals surface area contributed by atoms with Crippen molar-refractivity contribution < 1.29 is 27.8 Å². The molecule has 0 amide bonds. The highest BCUT2D eigenvalue weighted by molar-refractivity contribution is 6.11. The summed E-state index contributed by atoms with van der Waals surface area (Å²) < 4.78 is 40.3. The van der Waals surface area contributed by atoms with E-state index in [9.17, 15) is 23.2 Å². The molecule has 3 aromatic rings. The molecule has 170 valence electrons. The molecule has 2 heterocycles. The molecule has 10 heteroatoms. The van der Waals surface area contributed by atoms with Gasteiger partial charge < -0.3 is 15.2 Å². The number of carbonyl (C=O) groups excluding carboxylic acids is 2. The molecule has 2 atom stereocenters. The number of halogens is 2. The maximum absolute atomic E-state index is 14.6. The fraction of sp³-hybridized carbons (Fsp3) is 0.217. The van der Waals surface area contributed by atoms with Crippen LogP contribution in [0, 0.1) is 0 Å². The maximum Gasteiger partial charge on any atom is 0.351 e. The summed E-state index contributed by atoms with van der Waals surface area (Å²) in [6.45, 7) is -0.718. The van der Waals surface area contributed by atoms with Crippen molar-refractivity contribution in [2.24, 2.45) is 0 Å². The molecular formula is C23H19F2N3O5. The predicted octanol–water partition coefficient (Wildman–Crippen LogP) is 2.84. The molecule has 0 unspecified atom stereocenters. The molecule has 8 nitrogen and oxygen atoms in total. The molecular weight excluding hydrogens is 436 g/mol. The number of rotatable bonds is 6.